The van der Waals surface area contributed by atoms with Gasteiger partial charge in [-0.15, -0.1) is 11.6 Å². The van der Waals surface area contributed by atoms with Crippen LogP contribution < -0.4 is 4.90 Å². The average Bonchev–Trinajstić information content (AvgIpc) is 2.50. The van der Waals surface area contributed by atoms with Gasteiger partial charge in [0.25, 0.3) is 0 Å². The first-order chi connectivity index (χ1) is 9.67. The van der Waals surface area contributed by atoms with Crippen molar-refractivity contribution < 1.29 is 9.59 Å². The Bertz CT molecular complexity index is 513. The molecular weight excluding hydrogens is 274 g/mol. The highest BCUT2D eigenvalue weighted by Gasteiger charge is 2.22. The molecule has 0 aromatic heterocycles. The van der Waals surface area contributed by atoms with Gasteiger partial charge in [0.1, 0.15) is 0 Å². The molecule has 108 valence electrons. The minimum atomic E-state index is -0.0658. The second kappa shape index (κ2) is 6.89. The van der Waals surface area contributed by atoms with Crippen molar-refractivity contribution in [3.05, 3.63) is 29.3 Å². The first kappa shape index (κ1) is 15.0. The number of hydrogen-bond acceptors (Lipinski definition) is 2. The van der Waals surface area contributed by atoms with Gasteiger partial charge in [-0.3, -0.25) is 9.59 Å². The lowest BCUT2D eigenvalue weighted by molar-refractivity contribution is -0.118. The molecule has 1 heterocycles. The minimum Gasteiger partial charge on any atom is -0.312 e. The van der Waals surface area contributed by atoms with Crippen molar-refractivity contribution in [1.82, 2.24) is 0 Å². The van der Waals surface area contributed by atoms with Crippen LogP contribution in [0.3, 0.4) is 0 Å². The third kappa shape index (κ3) is 3.21. The first-order valence-corrected chi connectivity index (χ1v) is 7.73. The lowest BCUT2D eigenvalue weighted by Gasteiger charge is -2.30. The number of alkyl halides is 1. The van der Waals surface area contributed by atoms with Crippen molar-refractivity contribution in [2.24, 2.45) is 0 Å². The van der Waals surface area contributed by atoms with E-state index >= 15 is 0 Å². The molecule has 3 nitrogen and oxygen atoms in total. The van der Waals surface area contributed by atoms with E-state index in [-0.39, 0.29) is 17.6 Å². The van der Waals surface area contributed by atoms with E-state index in [1.165, 1.54) is 0 Å². The van der Waals surface area contributed by atoms with E-state index in [0.717, 1.165) is 43.5 Å². The zero-order chi connectivity index (χ0) is 14.5. The Morgan fingerprint density at radius 2 is 2.15 bits per heavy atom. The van der Waals surface area contributed by atoms with E-state index in [1.807, 2.05) is 17.0 Å². The maximum atomic E-state index is 12.2. The second-order valence-corrected chi connectivity index (χ2v) is 5.42. The van der Waals surface area contributed by atoms with Crippen molar-refractivity contribution in [3.63, 3.8) is 0 Å². The molecule has 1 aromatic rings. The number of fused-ring (bicyclic) bond motifs is 1. The highest BCUT2D eigenvalue weighted by molar-refractivity contribution is 6.30. The number of carbonyl (C=O) groups is 2. The smallest absolute Gasteiger partial charge is 0.226 e. The molecule has 4 heteroatoms. The van der Waals surface area contributed by atoms with Gasteiger partial charge in [0, 0.05) is 24.2 Å². The topological polar surface area (TPSA) is 37.4 Å². The monoisotopic (exact) mass is 293 g/mol. The molecule has 0 fully saturated rings. The molecule has 0 spiro atoms. The fourth-order valence-electron chi connectivity index (χ4n) is 2.57. The Morgan fingerprint density at radius 3 is 2.85 bits per heavy atom. The number of Topliss-reactive ketones (excluding diaryl/α,β-unsaturated/α-hetero) is 1. The van der Waals surface area contributed by atoms with Crippen molar-refractivity contribution in [1.29, 1.82) is 0 Å². The van der Waals surface area contributed by atoms with Gasteiger partial charge in [0.15, 0.2) is 5.78 Å². The predicted molar refractivity (Wildman–Crippen MR) is 81.7 cm³/mol. The number of hydrogen-bond donors (Lipinski definition) is 0. The van der Waals surface area contributed by atoms with Gasteiger partial charge >= 0.3 is 0 Å². The molecule has 0 bridgehead atoms. The van der Waals surface area contributed by atoms with Gasteiger partial charge in [-0.1, -0.05) is 13.3 Å². The minimum absolute atomic E-state index is 0.00205. The fourth-order valence-corrected chi connectivity index (χ4v) is 2.72. The number of ketones is 1. The standard InChI is InChI=1S/C16H20ClNO2/c1-2-3-6-16(20)18-9-4-5-12-10-13(15(19)11-17)7-8-14(12)18/h7-8,10H,2-6,9,11H2,1H3. The molecular formula is C16H20ClNO2. The molecule has 0 aliphatic carbocycles. The molecule has 0 saturated carbocycles. The number of carbonyl (C=O) groups excluding carboxylic acids is 2. The maximum absolute atomic E-state index is 12.2. The van der Waals surface area contributed by atoms with E-state index in [2.05, 4.69) is 6.92 Å². The van der Waals surface area contributed by atoms with Crippen molar-refractivity contribution in [2.75, 3.05) is 17.3 Å². The van der Waals surface area contributed by atoms with E-state index < -0.39 is 0 Å². The summed E-state index contributed by atoms with van der Waals surface area (Å²) in [6.45, 7) is 2.86. The van der Waals surface area contributed by atoms with Crippen LogP contribution >= 0.6 is 11.6 Å². The van der Waals surface area contributed by atoms with Crippen molar-refractivity contribution in [2.45, 2.75) is 39.0 Å². The number of benzene rings is 1. The van der Waals surface area contributed by atoms with E-state index in [4.69, 9.17) is 11.6 Å². The molecule has 1 aliphatic heterocycles. The van der Waals surface area contributed by atoms with Crippen LogP contribution in [0.1, 0.15) is 48.5 Å². The second-order valence-electron chi connectivity index (χ2n) is 5.15. The Balaban J connectivity index is 2.23. The molecule has 0 radical (unpaired) electrons. The van der Waals surface area contributed by atoms with E-state index in [0.29, 0.717) is 12.0 Å². The largest absolute Gasteiger partial charge is 0.312 e. The number of halogens is 1. The first-order valence-electron chi connectivity index (χ1n) is 7.19. The third-order valence-corrected chi connectivity index (χ3v) is 3.93. The van der Waals surface area contributed by atoms with Crippen LogP contribution in [0.15, 0.2) is 18.2 Å². The summed E-state index contributed by atoms with van der Waals surface area (Å²) in [6, 6.07) is 5.55. The molecule has 0 saturated heterocycles. The van der Waals surface area contributed by atoms with Crippen LogP contribution in [-0.4, -0.2) is 24.1 Å². The van der Waals surface area contributed by atoms with Gasteiger partial charge in [-0.2, -0.15) is 0 Å². The predicted octanol–water partition coefficient (Wildman–Crippen LogP) is 3.58. The van der Waals surface area contributed by atoms with Gasteiger partial charge < -0.3 is 4.90 Å². The summed E-state index contributed by atoms with van der Waals surface area (Å²) in [5.74, 6) is 0.117. The zero-order valence-electron chi connectivity index (χ0n) is 11.8. The van der Waals surface area contributed by atoms with E-state index in [1.54, 1.807) is 6.07 Å². The summed E-state index contributed by atoms with van der Waals surface area (Å²) in [7, 11) is 0. The summed E-state index contributed by atoms with van der Waals surface area (Å²) >= 11 is 5.59. The molecule has 1 amide bonds. The zero-order valence-corrected chi connectivity index (χ0v) is 12.6. The van der Waals surface area contributed by atoms with Crippen LogP contribution in [0.25, 0.3) is 0 Å². The molecule has 2 rings (SSSR count). The number of amides is 1. The Hall–Kier alpha value is -1.35. The molecule has 1 aromatic carbocycles. The van der Waals surface area contributed by atoms with Gasteiger partial charge in [-0.05, 0) is 43.0 Å². The average molecular weight is 294 g/mol. The highest BCUT2D eigenvalue weighted by atomic mass is 35.5. The van der Waals surface area contributed by atoms with Crippen LogP contribution in [0.2, 0.25) is 0 Å². The van der Waals surface area contributed by atoms with Gasteiger partial charge in [0.2, 0.25) is 5.91 Å². The SMILES string of the molecule is CCCCC(=O)N1CCCc2cc(C(=O)CCl)ccc21. The summed E-state index contributed by atoms with van der Waals surface area (Å²) in [6.07, 6.45) is 4.40. The lowest BCUT2D eigenvalue weighted by atomic mass is 9.97. The summed E-state index contributed by atoms with van der Waals surface area (Å²) in [5.41, 5.74) is 2.68. The molecule has 0 unspecified atom stereocenters. The van der Waals surface area contributed by atoms with Crippen LogP contribution in [0.4, 0.5) is 5.69 Å². The number of rotatable bonds is 5. The van der Waals surface area contributed by atoms with Crippen molar-refractivity contribution >= 4 is 29.0 Å². The van der Waals surface area contributed by atoms with Gasteiger partial charge in [-0.25, -0.2) is 0 Å². The Kier molecular flexibility index (Phi) is 5.18. The molecule has 0 N–H and O–H groups in total. The van der Waals surface area contributed by atoms with Crippen LogP contribution in [0.5, 0.6) is 0 Å². The van der Waals surface area contributed by atoms with Crippen LogP contribution in [-0.2, 0) is 11.2 Å². The normalized spacial score (nSPS) is 14.0. The quantitative estimate of drug-likeness (QED) is 0.615. The van der Waals surface area contributed by atoms with Crippen molar-refractivity contribution in [3.8, 4) is 0 Å². The number of unbranched alkanes of at least 4 members (excludes halogenated alkanes) is 1. The third-order valence-electron chi connectivity index (χ3n) is 3.69. The van der Waals surface area contributed by atoms with Gasteiger partial charge in [0.05, 0.1) is 5.88 Å². The molecule has 1 aliphatic rings. The summed E-state index contributed by atoms with van der Waals surface area (Å²) in [4.78, 5) is 25.7. The van der Waals surface area contributed by atoms with Crippen LogP contribution in [0, 0.1) is 0 Å². The number of nitrogens with zero attached hydrogens (tertiary/aromatic N) is 1. The Labute approximate surface area is 124 Å². The fraction of sp³-hybridized carbons (Fsp3) is 0.500. The molecule has 0 atom stereocenters. The molecule has 20 heavy (non-hydrogen) atoms. The highest BCUT2D eigenvalue weighted by Crippen LogP contribution is 2.29. The number of anilines is 1. The number of aryl methyl sites for hydroxylation is 1. The Morgan fingerprint density at radius 1 is 1.35 bits per heavy atom. The summed E-state index contributed by atoms with van der Waals surface area (Å²) < 4.78 is 0. The maximum Gasteiger partial charge on any atom is 0.226 e. The lowest BCUT2D eigenvalue weighted by Crippen LogP contribution is -2.35. The van der Waals surface area contributed by atoms with E-state index in [9.17, 15) is 9.59 Å². The summed E-state index contributed by atoms with van der Waals surface area (Å²) in [5, 5.41) is 0.